The van der Waals surface area contributed by atoms with E-state index < -0.39 is 17.9 Å². The minimum Gasteiger partial charge on any atom is -0.480 e. The zero-order chi connectivity index (χ0) is 14.5. The maximum atomic E-state index is 12.1. The Morgan fingerprint density at radius 3 is 2.80 bits per heavy atom. The molecule has 2 rings (SSSR count). The molecule has 1 heterocycles. The van der Waals surface area contributed by atoms with Gasteiger partial charge in [-0.3, -0.25) is 4.79 Å². The minimum atomic E-state index is -1.01. The van der Waals surface area contributed by atoms with Gasteiger partial charge in [0, 0.05) is 5.56 Å². The van der Waals surface area contributed by atoms with Crippen LogP contribution in [0.2, 0.25) is 0 Å². The number of carboxylic acids is 1. The summed E-state index contributed by atoms with van der Waals surface area (Å²) in [7, 11) is 0. The van der Waals surface area contributed by atoms with Gasteiger partial charge >= 0.3 is 5.97 Å². The first kappa shape index (κ1) is 14.4. The van der Waals surface area contributed by atoms with Crippen LogP contribution in [0.4, 0.5) is 11.4 Å². The molecule has 0 saturated carbocycles. The summed E-state index contributed by atoms with van der Waals surface area (Å²) in [5.41, 5.74) is 1.77. The van der Waals surface area contributed by atoms with Gasteiger partial charge in [0.1, 0.15) is 17.4 Å². The normalized spacial score (nSPS) is 13.4. The molecule has 1 aliphatic rings. The first-order chi connectivity index (χ1) is 9.61. The predicted molar refractivity (Wildman–Crippen MR) is 76.4 cm³/mol. The van der Waals surface area contributed by atoms with Gasteiger partial charge < -0.3 is 10.4 Å². The lowest BCUT2D eigenvalue weighted by molar-refractivity contribution is -0.139. The van der Waals surface area contributed by atoms with Crippen LogP contribution < -0.4 is 5.32 Å². The lowest BCUT2D eigenvalue weighted by Gasteiger charge is -2.14. The number of carbonyl (C=O) groups is 2. The van der Waals surface area contributed by atoms with Crippen molar-refractivity contribution in [1.29, 1.82) is 0 Å². The molecule has 0 radical (unpaired) electrons. The number of rotatable bonds is 6. The zero-order valence-corrected chi connectivity index (χ0v) is 11.8. The van der Waals surface area contributed by atoms with Gasteiger partial charge in [-0.15, -0.1) is 0 Å². The van der Waals surface area contributed by atoms with Crippen LogP contribution in [0.15, 0.2) is 26.9 Å². The molecule has 0 aliphatic carbocycles. The summed E-state index contributed by atoms with van der Waals surface area (Å²) >= 11 is 1.08. The number of benzene rings is 1. The number of carbonyl (C=O) groups excluding carboxylic acids is 1. The Balaban J connectivity index is 2.07. The highest BCUT2D eigenvalue weighted by Crippen LogP contribution is 2.31. The van der Waals surface area contributed by atoms with Crippen LogP contribution in [0, 0.1) is 0 Å². The van der Waals surface area contributed by atoms with E-state index in [0.29, 0.717) is 17.7 Å². The van der Waals surface area contributed by atoms with Gasteiger partial charge in [0.25, 0.3) is 5.91 Å². The van der Waals surface area contributed by atoms with E-state index in [1.165, 1.54) is 0 Å². The lowest BCUT2D eigenvalue weighted by Crippen LogP contribution is -2.40. The SMILES string of the molecule is CCCCC(NC(=O)c1ccc2c(c1)N=S=N2)C(=O)O. The third-order valence-electron chi connectivity index (χ3n) is 2.97. The molecule has 0 spiro atoms. The maximum absolute atomic E-state index is 12.1. The molecular weight excluding hydrogens is 278 g/mol. The molecule has 1 aromatic carbocycles. The standard InChI is InChI=1S/C13H15N3O3S/c1-2-3-4-10(13(18)19)14-12(17)8-5-6-9-11(7-8)16-20-15-9/h5-7,10H,2-4H2,1H3,(H,14,17)(H,18,19). The molecule has 1 amide bonds. The summed E-state index contributed by atoms with van der Waals surface area (Å²) in [5.74, 6) is -1.41. The number of nitrogens with one attached hydrogen (secondary N) is 1. The van der Waals surface area contributed by atoms with Crippen molar-refractivity contribution in [2.75, 3.05) is 0 Å². The van der Waals surface area contributed by atoms with Crippen LogP contribution in [0.5, 0.6) is 0 Å². The number of hydrogen-bond donors (Lipinski definition) is 2. The van der Waals surface area contributed by atoms with Crippen molar-refractivity contribution in [3.63, 3.8) is 0 Å². The zero-order valence-electron chi connectivity index (χ0n) is 11.0. The van der Waals surface area contributed by atoms with Crippen molar-refractivity contribution >= 4 is 34.6 Å². The maximum Gasteiger partial charge on any atom is 0.326 e. The fraction of sp³-hybridized carbons (Fsp3) is 0.385. The molecule has 0 fully saturated rings. The second-order valence-electron chi connectivity index (χ2n) is 4.47. The van der Waals surface area contributed by atoms with Crippen LogP contribution >= 0.6 is 0 Å². The molecule has 20 heavy (non-hydrogen) atoms. The average Bonchev–Trinajstić information content (AvgIpc) is 2.90. The highest BCUT2D eigenvalue weighted by Gasteiger charge is 2.20. The van der Waals surface area contributed by atoms with E-state index in [4.69, 9.17) is 5.11 Å². The summed E-state index contributed by atoms with van der Waals surface area (Å²) < 4.78 is 8.11. The van der Waals surface area contributed by atoms with Crippen molar-refractivity contribution < 1.29 is 14.7 Å². The first-order valence-electron chi connectivity index (χ1n) is 6.37. The number of unbranched alkanes of at least 4 members (excludes halogenated alkanes) is 1. The Hall–Kier alpha value is -2.02. The molecule has 0 bridgehead atoms. The summed E-state index contributed by atoms with van der Waals surface area (Å²) in [6, 6.07) is 4.09. The van der Waals surface area contributed by atoms with Gasteiger partial charge in [0.2, 0.25) is 0 Å². The smallest absolute Gasteiger partial charge is 0.326 e. The minimum absolute atomic E-state index is 0.396. The van der Waals surface area contributed by atoms with Crippen LogP contribution in [0.25, 0.3) is 0 Å². The number of fused-ring (bicyclic) bond motifs is 1. The average molecular weight is 293 g/mol. The quantitative estimate of drug-likeness (QED) is 0.857. The van der Waals surface area contributed by atoms with E-state index in [0.717, 1.165) is 29.9 Å². The molecule has 0 saturated heterocycles. The molecule has 1 aliphatic heterocycles. The molecule has 1 unspecified atom stereocenters. The fourth-order valence-corrected chi connectivity index (χ4v) is 2.35. The van der Waals surface area contributed by atoms with E-state index in [1.807, 2.05) is 6.92 Å². The molecule has 1 aromatic rings. The van der Waals surface area contributed by atoms with Gasteiger partial charge in [-0.2, -0.15) is 8.73 Å². The fourth-order valence-electron chi connectivity index (χ4n) is 1.83. The monoisotopic (exact) mass is 293 g/mol. The molecule has 6 nitrogen and oxygen atoms in total. The Bertz CT molecular complexity index is 609. The first-order valence-corrected chi connectivity index (χ1v) is 7.11. The Morgan fingerprint density at radius 2 is 2.10 bits per heavy atom. The third-order valence-corrected chi connectivity index (χ3v) is 3.52. The van der Waals surface area contributed by atoms with E-state index >= 15 is 0 Å². The second-order valence-corrected chi connectivity index (χ2v) is 5.00. The second kappa shape index (κ2) is 6.42. The molecule has 7 heteroatoms. The van der Waals surface area contributed by atoms with Crippen molar-refractivity contribution in [3.8, 4) is 0 Å². The van der Waals surface area contributed by atoms with Crippen molar-refractivity contribution in [3.05, 3.63) is 23.8 Å². The largest absolute Gasteiger partial charge is 0.480 e. The van der Waals surface area contributed by atoms with Gasteiger partial charge in [0.05, 0.1) is 11.4 Å². The van der Waals surface area contributed by atoms with E-state index in [2.05, 4.69) is 14.0 Å². The number of aliphatic carboxylic acids is 1. The Morgan fingerprint density at radius 1 is 1.35 bits per heavy atom. The summed E-state index contributed by atoms with van der Waals surface area (Å²) in [6.07, 6.45) is 2.07. The summed E-state index contributed by atoms with van der Waals surface area (Å²) in [4.78, 5) is 23.2. The molecular formula is C13H15N3O3S. The highest BCUT2D eigenvalue weighted by molar-refractivity contribution is 7.58. The van der Waals surface area contributed by atoms with Gasteiger partial charge in [-0.25, -0.2) is 4.79 Å². The molecule has 106 valence electrons. The molecule has 2 N–H and O–H groups in total. The summed E-state index contributed by atoms with van der Waals surface area (Å²) in [6.45, 7) is 1.98. The van der Waals surface area contributed by atoms with Crippen LogP contribution in [0.1, 0.15) is 36.5 Å². The predicted octanol–water partition coefficient (Wildman–Crippen LogP) is 2.79. The Labute approximate surface area is 120 Å². The summed E-state index contributed by atoms with van der Waals surface area (Å²) in [5, 5.41) is 11.6. The van der Waals surface area contributed by atoms with Gasteiger partial charge in [-0.05, 0) is 24.6 Å². The molecule has 0 aromatic heterocycles. The van der Waals surface area contributed by atoms with Crippen LogP contribution in [-0.2, 0) is 16.1 Å². The van der Waals surface area contributed by atoms with Gasteiger partial charge in [0.15, 0.2) is 0 Å². The number of amides is 1. The topological polar surface area (TPSA) is 91.1 Å². The van der Waals surface area contributed by atoms with E-state index in [9.17, 15) is 9.59 Å². The highest BCUT2D eigenvalue weighted by atomic mass is 32.1. The van der Waals surface area contributed by atoms with Crippen molar-refractivity contribution in [1.82, 2.24) is 5.32 Å². The third kappa shape index (κ3) is 3.30. The Kier molecular flexibility index (Phi) is 4.62. The van der Waals surface area contributed by atoms with Gasteiger partial charge in [-0.1, -0.05) is 19.8 Å². The van der Waals surface area contributed by atoms with Crippen LogP contribution in [-0.4, -0.2) is 23.0 Å². The van der Waals surface area contributed by atoms with E-state index in [1.54, 1.807) is 18.2 Å². The molecule has 1 atom stereocenters. The lowest BCUT2D eigenvalue weighted by atomic mass is 10.1. The number of carboxylic acid groups (broad SMARTS) is 1. The van der Waals surface area contributed by atoms with Crippen LogP contribution in [0.3, 0.4) is 0 Å². The van der Waals surface area contributed by atoms with E-state index in [-0.39, 0.29) is 0 Å². The number of hydrogen-bond acceptors (Lipinski definition) is 4. The van der Waals surface area contributed by atoms with Crippen molar-refractivity contribution in [2.24, 2.45) is 8.73 Å². The van der Waals surface area contributed by atoms with Crippen molar-refractivity contribution in [2.45, 2.75) is 32.2 Å². The number of nitrogens with zero attached hydrogens (tertiary/aromatic N) is 2.